The van der Waals surface area contributed by atoms with Crippen molar-refractivity contribution in [2.24, 2.45) is 0 Å². The van der Waals surface area contributed by atoms with Crippen LogP contribution in [0.1, 0.15) is 23.1 Å². The first-order valence-corrected chi connectivity index (χ1v) is 5.79. The van der Waals surface area contributed by atoms with Crippen LogP contribution in [0.3, 0.4) is 0 Å². The Balaban J connectivity index is 2.13. The number of rotatable bonds is 1. The van der Waals surface area contributed by atoms with E-state index in [0.717, 1.165) is 6.42 Å². The van der Waals surface area contributed by atoms with Crippen LogP contribution in [-0.2, 0) is 6.42 Å². The smallest absolute Gasteiger partial charge is 0.0149 e. The molecule has 16 heavy (non-hydrogen) atoms. The maximum absolute atomic E-state index is 2.36. The number of hydrogen-bond acceptors (Lipinski definition) is 0. The fraction of sp³-hybridized carbons (Fsp3) is 0.125. The van der Waals surface area contributed by atoms with E-state index in [1.807, 2.05) is 0 Å². The van der Waals surface area contributed by atoms with Crippen LogP contribution >= 0.6 is 0 Å². The molecule has 1 aliphatic rings. The summed E-state index contributed by atoms with van der Waals surface area (Å²) in [7, 11) is 0. The molecule has 0 heteroatoms. The molecule has 0 saturated carbocycles. The molecule has 0 saturated heterocycles. The highest BCUT2D eigenvalue weighted by atomic mass is 14.2. The predicted molar refractivity (Wildman–Crippen MR) is 68.3 cm³/mol. The van der Waals surface area contributed by atoms with Gasteiger partial charge in [-0.15, -0.1) is 0 Å². The summed E-state index contributed by atoms with van der Waals surface area (Å²) in [6.07, 6.45) is 4.69. The van der Waals surface area contributed by atoms with Crippen molar-refractivity contribution in [1.29, 1.82) is 0 Å². The first-order valence-electron chi connectivity index (χ1n) is 5.79. The van der Waals surface area contributed by atoms with Crippen molar-refractivity contribution in [1.82, 2.24) is 0 Å². The van der Waals surface area contributed by atoms with Gasteiger partial charge in [-0.05, 0) is 35.1 Å². The first kappa shape index (κ1) is 9.41. The van der Waals surface area contributed by atoms with Gasteiger partial charge in [0.15, 0.2) is 0 Å². The van der Waals surface area contributed by atoms with E-state index in [4.69, 9.17) is 0 Å². The minimum Gasteiger partial charge on any atom is -0.0757 e. The summed E-state index contributed by atoms with van der Waals surface area (Å²) in [5.41, 5.74) is 5.60. The van der Waals surface area contributed by atoms with Crippen LogP contribution in [-0.4, -0.2) is 0 Å². The Labute approximate surface area is 96.3 Å². The second kappa shape index (κ2) is 3.97. The molecule has 2 aromatic carbocycles. The van der Waals surface area contributed by atoms with E-state index in [1.165, 1.54) is 28.7 Å². The first-order chi connectivity index (χ1) is 7.95. The number of fused-ring (bicyclic) bond motifs is 1. The van der Waals surface area contributed by atoms with E-state index in [9.17, 15) is 0 Å². The molecule has 0 N–H and O–H groups in total. The zero-order valence-electron chi connectivity index (χ0n) is 9.19. The largest absolute Gasteiger partial charge is 0.0757 e. The Hall–Kier alpha value is -1.82. The second-order valence-electron chi connectivity index (χ2n) is 4.18. The maximum Gasteiger partial charge on any atom is -0.0149 e. The van der Waals surface area contributed by atoms with Gasteiger partial charge in [0.05, 0.1) is 0 Å². The normalized spacial score (nSPS) is 14.1. The molecule has 0 unspecified atom stereocenters. The standard InChI is InChI=1S/C16H14/c1-2-7-13(8-3-1)16-12-6-10-14-9-4-5-11-15(14)16/h1-5,7-9,11-12H,6,10H2. The highest BCUT2D eigenvalue weighted by Gasteiger charge is 2.12. The van der Waals surface area contributed by atoms with Gasteiger partial charge in [-0.1, -0.05) is 60.7 Å². The molecular weight excluding hydrogens is 192 g/mol. The van der Waals surface area contributed by atoms with Crippen LogP contribution in [0.2, 0.25) is 0 Å². The molecule has 0 amide bonds. The van der Waals surface area contributed by atoms with Crippen molar-refractivity contribution in [2.45, 2.75) is 12.8 Å². The van der Waals surface area contributed by atoms with Crippen molar-refractivity contribution in [3.63, 3.8) is 0 Å². The third-order valence-corrected chi connectivity index (χ3v) is 3.15. The van der Waals surface area contributed by atoms with Crippen LogP contribution in [0.15, 0.2) is 60.7 Å². The third kappa shape index (κ3) is 1.57. The van der Waals surface area contributed by atoms with E-state index >= 15 is 0 Å². The van der Waals surface area contributed by atoms with Gasteiger partial charge in [0, 0.05) is 0 Å². The highest BCUT2D eigenvalue weighted by molar-refractivity contribution is 5.82. The van der Waals surface area contributed by atoms with E-state index in [1.54, 1.807) is 0 Å². The Kier molecular flexibility index (Phi) is 2.34. The third-order valence-electron chi connectivity index (χ3n) is 3.15. The van der Waals surface area contributed by atoms with Crippen LogP contribution in [0.25, 0.3) is 5.57 Å². The average Bonchev–Trinajstić information content (AvgIpc) is 2.39. The molecule has 2 aromatic rings. The molecule has 0 heterocycles. The lowest BCUT2D eigenvalue weighted by molar-refractivity contribution is 0.978. The maximum atomic E-state index is 2.36. The van der Waals surface area contributed by atoms with Crippen LogP contribution in [0, 0.1) is 0 Å². The number of hydrogen-bond donors (Lipinski definition) is 0. The molecule has 0 fully saturated rings. The molecule has 78 valence electrons. The van der Waals surface area contributed by atoms with E-state index < -0.39 is 0 Å². The molecule has 0 bridgehead atoms. The van der Waals surface area contributed by atoms with Gasteiger partial charge >= 0.3 is 0 Å². The van der Waals surface area contributed by atoms with Gasteiger partial charge in [0.2, 0.25) is 0 Å². The lowest BCUT2D eigenvalue weighted by atomic mass is 9.87. The molecule has 0 nitrogen and oxygen atoms in total. The summed E-state index contributed by atoms with van der Waals surface area (Å²) < 4.78 is 0. The average molecular weight is 206 g/mol. The van der Waals surface area contributed by atoms with Gasteiger partial charge < -0.3 is 0 Å². The minimum atomic E-state index is 1.15. The van der Waals surface area contributed by atoms with E-state index in [2.05, 4.69) is 60.7 Å². The molecular formula is C16H14. The second-order valence-corrected chi connectivity index (χ2v) is 4.18. The minimum absolute atomic E-state index is 1.15. The molecule has 3 rings (SSSR count). The van der Waals surface area contributed by atoms with Gasteiger partial charge in [0.25, 0.3) is 0 Å². The van der Waals surface area contributed by atoms with Crippen molar-refractivity contribution in [3.8, 4) is 0 Å². The molecule has 1 aliphatic carbocycles. The van der Waals surface area contributed by atoms with Gasteiger partial charge in [-0.3, -0.25) is 0 Å². The fourth-order valence-corrected chi connectivity index (χ4v) is 2.37. The Morgan fingerprint density at radius 3 is 2.38 bits per heavy atom. The Bertz CT molecular complexity index is 521. The van der Waals surface area contributed by atoms with Crippen molar-refractivity contribution >= 4 is 5.57 Å². The number of benzene rings is 2. The SMILES string of the molecule is C1=C(c2ccccc2)c2ccccc2CC1. The summed E-state index contributed by atoms with van der Waals surface area (Å²) in [6.45, 7) is 0. The summed E-state index contributed by atoms with van der Waals surface area (Å²) in [6, 6.07) is 19.4. The van der Waals surface area contributed by atoms with Crippen molar-refractivity contribution < 1.29 is 0 Å². The quantitative estimate of drug-likeness (QED) is 0.660. The molecule has 0 atom stereocenters. The fourth-order valence-electron chi connectivity index (χ4n) is 2.37. The summed E-state index contributed by atoms with van der Waals surface area (Å²) >= 11 is 0. The Morgan fingerprint density at radius 2 is 1.50 bits per heavy atom. The lowest BCUT2D eigenvalue weighted by Gasteiger charge is -2.17. The Morgan fingerprint density at radius 1 is 0.750 bits per heavy atom. The van der Waals surface area contributed by atoms with Gasteiger partial charge in [-0.25, -0.2) is 0 Å². The predicted octanol–water partition coefficient (Wildman–Crippen LogP) is 4.06. The molecule has 0 radical (unpaired) electrons. The summed E-state index contributed by atoms with van der Waals surface area (Å²) in [5, 5.41) is 0. The van der Waals surface area contributed by atoms with Gasteiger partial charge in [0.1, 0.15) is 0 Å². The molecule has 0 spiro atoms. The van der Waals surface area contributed by atoms with Crippen LogP contribution in [0.5, 0.6) is 0 Å². The summed E-state index contributed by atoms with van der Waals surface area (Å²) in [4.78, 5) is 0. The van der Waals surface area contributed by atoms with Crippen molar-refractivity contribution in [2.75, 3.05) is 0 Å². The number of aryl methyl sites for hydroxylation is 1. The van der Waals surface area contributed by atoms with Gasteiger partial charge in [-0.2, -0.15) is 0 Å². The van der Waals surface area contributed by atoms with E-state index in [-0.39, 0.29) is 0 Å². The molecule has 0 aliphatic heterocycles. The zero-order valence-corrected chi connectivity index (χ0v) is 9.19. The highest BCUT2D eigenvalue weighted by Crippen LogP contribution is 2.31. The van der Waals surface area contributed by atoms with Crippen molar-refractivity contribution in [3.05, 3.63) is 77.4 Å². The molecule has 0 aromatic heterocycles. The monoisotopic (exact) mass is 206 g/mol. The van der Waals surface area contributed by atoms with Crippen LogP contribution in [0.4, 0.5) is 0 Å². The lowest BCUT2D eigenvalue weighted by Crippen LogP contribution is -2.00. The van der Waals surface area contributed by atoms with Crippen LogP contribution < -0.4 is 0 Å². The topological polar surface area (TPSA) is 0 Å². The van der Waals surface area contributed by atoms with E-state index in [0.29, 0.717) is 0 Å². The number of allylic oxidation sites excluding steroid dienone is 1. The summed E-state index contributed by atoms with van der Waals surface area (Å²) in [5.74, 6) is 0. The zero-order chi connectivity index (χ0) is 10.8.